The molecule has 1 heterocycles. The average molecular weight is 454 g/mol. The van der Waals surface area contributed by atoms with E-state index in [9.17, 15) is 14.7 Å². The summed E-state index contributed by atoms with van der Waals surface area (Å²) in [5.74, 6) is -1.67. The number of benzene rings is 1. The molecule has 2 rings (SSSR count). The van der Waals surface area contributed by atoms with Crippen LogP contribution in [0.15, 0.2) is 37.9 Å². The minimum atomic E-state index is -1.21. The molecular formula is C13H8Br2ClNO3S. The fourth-order valence-electron chi connectivity index (χ4n) is 1.69. The van der Waals surface area contributed by atoms with Crippen molar-refractivity contribution in [2.24, 2.45) is 0 Å². The van der Waals surface area contributed by atoms with E-state index in [1.165, 1.54) is 11.3 Å². The van der Waals surface area contributed by atoms with Crippen LogP contribution in [0.2, 0.25) is 5.02 Å². The van der Waals surface area contributed by atoms with Crippen molar-refractivity contribution in [3.63, 3.8) is 0 Å². The molecule has 8 heteroatoms. The van der Waals surface area contributed by atoms with Gasteiger partial charge in [0.25, 0.3) is 5.91 Å². The average Bonchev–Trinajstić information content (AvgIpc) is 2.75. The van der Waals surface area contributed by atoms with Crippen LogP contribution in [0.4, 0.5) is 0 Å². The van der Waals surface area contributed by atoms with Gasteiger partial charge < -0.3 is 10.4 Å². The van der Waals surface area contributed by atoms with E-state index in [1.54, 1.807) is 30.3 Å². The van der Waals surface area contributed by atoms with Gasteiger partial charge >= 0.3 is 5.97 Å². The molecule has 0 fully saturated rings. The zero-order valence-electron chi connectivity index (χ0n) is 10.3. The van der Waals surface area contributed by atoms with E-state index in [1.807, 2.05) is 0 Å². The molecule has 0 saturated heterocycles. The highest BCUT2D eigenvalue weighted by Crippen LogP contribution is 2.32. The second-order valence-corrected chi connectivity index (χ2v) is 8.16. The number of amides is 1. The van der Waals surface area contributed by atoms with Gasteiger partial charge in [-0.05, 0) is 44.0 Å². The lowest BCUT2D eigenvalue weighted by molar-refractivity contribution is -0.139. The number of carbonyl (C=O) groups excluding carboxylic acids is 1. The first-order valence-corrected chi connectivity index (χ1v) is 8.41. The van der Waals surface area contributed by atoms with Crippen molar-refractivity contribution in [1.82, 2.24) is 5.32 Å². The molecule has 1 atom stereocenters. The maximum Gasteiger partial charge on any atom is 0.330 e. The van der Waals surface area contributed by atoms with Crippen LogP contribution in [0.3, 0.4) is 0 Å². The molecule has 0 unspecified atom stereocenters. The first kappa shape index (κ1) is 16.5. The number of thiophene rings is 1. The summed E-state index contributed by atoms with van der Waals surface area (Å²) in [6.45, 7) is 0. The predicted octanol–water partition coefficient (Wildman–Crippen LogP) is 4.48. The van der Waals surface area contributed by atoms with Gasteiger partial charge in [-0.3, -0.25) is 4.79 Å². The van der Waals surface area contributed by atoms with Crippen molar-refractivity contribution in [1.29, 1.82) is 0 Å². The number of carboxylic acids is 1. The maximum atomic E-state index is 12.2. The van der Waals surface area contributed by atoms with Crippen LogP contribution in [0.5, 0.6) is 0 Å². The number of hydrogen-bond acceptors (Lipinski definition) is 3. The largest absolute Gasteiger partial charge is 0.479 e. The molecule has 0 aliphatic rings. The van der Waals surface area contributed by atoms with Crippen molar-refractivity contribution in [2.45, 2.75) is 6.04 Å². The summed E-state index contributed by atoms with van der Waals surface area (Å²) < 4.78 is 1.39. The Kier molecular flexibility index (Phi) is 5.43. The second kappa shape index (κ2) is 6.91. The van der Waals surface area contributed by atoms with E-state index in [-0.39, 0.29) is 5.02 Å². The first-order valence-electron chi connectivity index (χ1n) is 5.63. The number of rotatable bonds is 4. The Morgan fingerprint density at radius 1 is 1.29 bits per heavy atom. The summed E-state index contributed by atoms with van der Waals surface area (Å²) >= 11 is 13.9. The van der Waals surface area contributed by atoms with E-state index < -0.39 is 17.9 Å². The Balaban J connectivity index is 2.29. The maximum absolute atomic E-state index is 12.2. The Morgan fingerprint density at radius 2 is 1.95 bits per heavy atom. The minimum absolute atomic E-state index is 0.288. The Labute approximate surface area is 146 Å². The summed E-state index contributed by atoms with van der Waals surface area (Å²) in [7, 11) is 0. The lowest BCUT2D eigenvalue weighted by atomic mass is 10.1. The Morgan fingerprint density at radius 3 is 2.48 bits per heavy atom. The van der Waals surface area contributed by atoms with E-state index in [4.69, 9.17) is 11.6 Å². The van der Waals surface area contributed by atoms with Gasteiger partial charge in [-0.25, -0.2) is 4.79 Å². The van der Waals surface area contributed by atoms with Crippen LogP contribution in [0.1, 0.15) is 22.0 Å². The van der Waals surface area contributed by atoms with Crippen molar-refractivity contribution in [2.75, 3.05) is 0 Å². The van der Waals surface area contributed by atoms with Crippen molar-refractivity contribution in [3.05, 3.63) is 54.1 Å². The van der Waals surface area contributed by atoms with Crippen LogP contribution in [-0.4, -0.2) is 17.0 Å². The molecule has 0 aliphatic carbocycles. The van der Waals surface area contributed by atoms with Gasteiger partial charge in [0.2, 0.25) is 0 Å². The van der Waals surface area contributed by atoms with Crippen LogP contribution < -0.4 is 5.32 Å². The van der Waals surface area contributed by atoms with Gasteiger partial charge in [-0.2, -0.15) is 0 Å². The standard InChI is InChI=1S/C13H8Br2ClNO3S/c14-9-5-7(11(15)21-9)12(18)17-10(13(19)20)6-3-1-2-4-8(6)16/h1-5,10H,(H,17,18)(H,19,20)/t10-/m1/s1. The summed E-state index contributed by atoms with van der Waals surface area (Å²) in [5, 5.41) is 12.1. The minimum Gasteiger partial charge on any atom is -0.479 e. The number of carbonyl (C=O) groups is 2. The third kappa shape index (κ3) is 3.85. The molecule has 0 bridgehead atoms. The molecule has 4 nitrogen and oxygen atoms in total. The summed E-state index contributed by atoms with van der Waals surface area (Å²) in [6.07, 6.45) is 0. The fraction of sp³-hybridized carbons (Fsp3) is 0.0769. The second-order valence-electron chi connectivity index (χ2n) is 4.00. The van der Waals surface area contributed by atoms with Gasteiger partial charge in [-0.1, -0.05) is 29.8 Å². The third-order valence-corrected chi connectivity index (χ3v) is 5.32. The molecule has 0 saturated carbocycles. The Hall–Kier alpha value is -0.890. The lowest BCUT2D eigenvalue weighted by Gasteiger charge is -2.16. The zero-order chi connectivity index (χ0) is 15.6. The number of hydrogen-bond donors (Lipinski definition) is 2. The van der Waals surface area contributed by atoms with Crippen LogP contribution in [-0.2, 0) is 4.79 Å². The van der Waals surface area contributed by atoms with Gasteiger partial charge in [0, 0.05) is 10.6 Å². The smallest absolute Gasteiger partial charge is 0.330 e. The lowest BCUT2D eigenvalue weighted by Crippen LogP contribution is -2.33. The molecular weight excluding hydrogens is 445 g/mol. The third-order valence-electron chi connectivity index (χ3n) is 2.64. The van der Waals surface area contributed by atoms with Crippen LogP contribution in [0, 0.1) is 0 Å². The van der Waals surface area contributed by atoms with E-state index >= 15 is 0 Å². The van der Waals surface area contributed by atoms with Gasteiger partial charge in [-0.15, -0.1) is 11.3 Å². The molecule has 0 radical (unpaired) electrons. The molecule has 21 heavy (non-hydrogen) atoms. The Bertz CT molecular complexity index is 704. The van der Waals surface area contributed by atoms with E-state index in [2.05, 4.69) is 37.2 Å². The van der Waals surface area contributed by atoms with Crippen LogP contribution in [0.25, 0.3) is 0 Å². The topological polar surface area (TPSA) is 66.4 Å². The van der Waals surface area contributed by atoms with E-state index in [0.29, 0.717) is 14.9 Å². The molecule has 2 aromatic rings. The van der Waals surface area contributed by atoms with Gasteiger partial charge in [0.15, 0.2) is 6.04 Å². The SMILES string of the molecule is O=C(N[C@@H](C(=O)O)c1ccccc1Cl)c1cc(Br)sc1Br. The number of aliphatic carboxylic acids is 1. The monoisotopic (exact) mass is 451 g/mol. The normalized spacial score (nSPS) is 12.0. The number of carboxylic acid groups (broad SMARTS) is 1. The predicted molar refractivity (Wildman–Crippen MR) is 89.0 cm³/mol. The van der Waals surface area contributed by atoms with Crippen molar-refractivity contribution in [3.8, 4) is 0 Å². The highest BCUT2D eigenvalue weighted by molar-refractivity contribution is 9.12. The van der Waals surface area contributed by atoms with Gasteiger partial charge in [0.05, 0.1) is 13.1 Å². The summed E-state index contributed by atoms with van der Waals surface area (Å²) in [6, 6.07) is 6.92. The molecule has 1 aromatic heterocycles. The highest BCUT2D eigenvalue weighted by Gasteiger charge is 2.26. The zero-order valence-corrected chi connectivity index (χ0v) is 15.0. The molecule has 2 N–H and O–H groups in total. The quantitative estimate of drug-likeness (QED) is 0.717. The molecule has 0 aliphatic heterocycles. The molecule has 0 spiro atoms. The molecule has 1 amide bonds. The molecule has 110 valence electrons. The summed E-state index contributed by atoms with van der Waals surface area (Å²) in [5.41, 5.74) is 0.704. The number of halogens is 3. The van der Waals surface area contributed by atoms with Crippen molar-refractivity contribution >= 4 is 66.7 Å². The molecule has 1 aromatic carbocycles. The van der Waals surface area contributed by atoms with Crippen molar-refractivity contribution < 1.29 is 14.7 Å². The first-order chi connectivity index (χ1) is 9.90. The van der Waals surface area contributed by atoms with Crippen LogP contribution >= 0.6 is 54.8 Å². The highest BCUT2D eigenvalue weighted by atomic mass is 79.9. The number of nitrogens with one attached hydrogen (secondary N) is 1. The summed E-state index contributed by atoms with van der Waals surface area (Å²) in [4.78, 5) is 23.6. The fourth-order valence-corrected chi connectivity index (χ4v) is 4.72. The van der Waals surface area contributed by atoms with E-state index in [0.717, 1.165) is 3.79 Å². The van der Waals surface area contributed by atoms with Gasteiger partial charge in [0.1, 0.15) is 0 Å².